The highest BCUT2D eigenvalue weighted by Gasteiger charge is 2.21. The van der Waals surface area contributed by atoms with E-state index in [2.05, 4.69) is 10.0 Å². The first kappa shape index (κ1) is 20.7. The van der Waals surface area contributed by atoms with Gasteiger partial charge in [-0.3, -0.25) is 9.52 Å². The molecule has 31 heavy (non-hydrogen) atoms. The summed E-state index contributed by atoms with van der Waals surface area (Å²) in [6.07, 6.45) is 0. The van der Waals surface area contributed by atoms with Gasteiger partial charge in [0.05, 0.1) is 16.1 Å². The number of carbonyl (C=O) groups is 1. The quantitative estimate of drug-likeness (QED) is 0.614. The van der Waals surface area contributed by atoms with Gasteiger partial charge in [-0.05, 0) is 36.8 Å². The maximum atomic E-state index is 12.9. The van der Waals surface area contributed by atoms with Gasteiger partial charge in [0.25, 0.3) is 15.9 Å². The second-order valence-electron chi connectivity index (χ2n) is 7.12. The molecule has 0 unspecified atom stereocenters. The Kier molecular flexibility index (Phi) is 5.81. The molecule has 8 heteroatoms. The van der Waals surface area contributed by atoms with Crippen LogP contribution in [0, 0.1) is 6.92 Å². The Balaban J connectivity index is 1.52. The van der Waals surface area contributed by atoms with E-state index in [-0.39, 0.29) is 22.1 Å². The van der Waals surface area contributed by atoms with Crippen molar-refractivity contribution in [2.24, 2.45) is 0 Å². The van der Waals surface area contributed by atoms with E-state index in [1.165, 1.54) is 12.1 Å². The van der Waals surface area contributed by atoms with Crippen LogP contribution >= 0.6 is 0 Å². The smallest absolute Gasteiger partial charge is 0.262 e. The summed E-state index contributed by atoms with van der Waals surface area (Å²) in [4.78, 5) is 12.8. The summed E-state index contributed by atoms with van der Waals surface area (Å²) >= 11 is 0. The number of nitrogens with one attached hydrogen (secondary N) is 2. The van der Waals surface area contributed by atoms with Crippen LogP contribution in [0.4, 0.5) is 5.69 Å². The number of hydrogen-bond donors (Lipinski definition) is 2. The molecule has 0 radical (unpaired) electrons. The number of rotatable bonds is 6. The zero-order chi connectivity index (χ0) is 21.8. The molecule has 3 aromatic rings. The van der Waals surface area contributed by atoms with E-state index in [1.54, 1.807) is 30.3 Å². The molecule has 0 spiro atoms. The molecule has 1 aliphatic rings. The first-order valence-corrected chi connectivity index (χ1v) is 11.3. The Morgan fingerprint density at radius 3 is 2.42 bits per heavy atom. The molecule has 1 amide bonds. The van der Waals surface area contributed by atoms with Gasteiger partial charge in [-0.25, -0.2) is 8.42 Å². The van der Waals surface area contributed by atoms with Crippen molar-refractivity contribution in [3.63, 3.8) is 0 Å². The van der Waals surface area contributed by atoms with Crippen LogP contribution in [-0.4, -0.2) is 27.5 Å². The lowest BCUT2D eigenvalue weighted by molar-refractivity contribution is 0.0952. The molecular formula is C23H22N2O5S. The number of aryl methyl sites for hydroxylation is 1. The van der Waals surface area contributed by atoms with E-state index in [4.69, 9.17) is 9.47 Å². The van der Waals surface area contributed by atoms with Gasteiger partial charge >= 0.3 is 0 Å². The van der Waals surface area contributed by atoms with Crippen molar-refractivity contribution in [1.82, 2.24) is 5.32 Å². The first-order valence-electron chi connectivity index (χ1n) is 9.78. The summed E-state index contributed by atoms with van der Waals surface area (Å²) in [5, 5.41) is 2.83. The lowest BCUT2D eigenvalue weighted by Crippen LogP contribution is -2.25. The molecule has 0 aliphatic carbocycles. The van der Waals surface area contributed by atoms with Crippen LogP contribution in [0.1, 0.15) is 21.5 Å². The van der Waals surface area contributed by atoms with Crippen molar-refractivity contribution >= 4 is 21.6 Å². The topological polar surface area (TPSA) is 93.7 Å². The molecular weight excluding hydrogens is 416 g/mol. The number of amides is 1. The third-order valence-electron chi connectivity index (χ3n) is 4.81. The van der Waals surface area contributed by atoms with Gasteiger partial charge < -0.3 is 14.8 Å². The molecule has 7 nitrogen and oxygen atoms in total. The highest BCUT2D eigenvalue weighted by atomic mass is 32.2. The van der Waals surface area contributed by atoms with Crippen molar-refractivity contribution in [2.75, 3.05) is 17.9 Å². The van der Waals surface area contributed by atoms with E-state index in [1.807, 2.05) is 31.2 Å². The number of carbonyl (C=O) groups excluding carboxylic acids is 1. The highest BCUT2D eigenvalue weighted by molar-refractivity contribution is 7.92. The van der Waals surface area contributed by atoms with Gasteiger partial charge in [0.15, 0.2) is 11.5 Å². The minimum Gasteiger partial charge on any atom is -0.486 e. The largest absolute Gasteiger partial charge is 0.486 e. The number of hydrogen-bond acceptors (Lipinski definition) is 5. The van der Waals surface area contributed by atoms with Gasteiger partial charge in [-0.15, -0.1) is 0 Å². The molecule has 0 atom stereocenters. The van der Waals surface area contributed by atoms with Crippen LogP contribution in [0.25, 0.3) is 0 Å². The zero-order valence-corrected chi connectivity index (χ0v) is 17.7. The van der Waals surface area contributed by atoms with E-state index >= 15 is 0 Å². The summed E-state index contributed by atoms with van der Waals surface area (Å²) in [6, 6.07) is 18.7. The third-order valence-corrected chi connectivity index (χ3v) is 6.18. The minimum absolute atomic E-state index is 0.0200. The summed E-state index contributed by atoms with van der Waals surface area (Å²) in [5.74, 6) is 0.500. The lowest BCUT2D eigenvalue weighted by atomic mass is 10.1. The normalized spacial score (nSPS) is 12.8. The van der Waals surface area contributed by atoms with E-state index < -0.39 is 10.0 Å². The van der Waals surface area contributed by atoms with Crippen LogP contribution in [0.2, 0.25) is 0 Å². The van der Waals surface area contributed by atoms with Crippen LogP contribution in [0.5, 0.6) is 11.5 Å². The fraction of sp³-hybridized carbons (Fsp3) is 0.174. The van der Waals surface area contributed by atoms with Crippen LogP contribution < -0.4 is 19.5 Å². The first-order chi connectivity index (χ1) is 14.9. The Hall–Kier alpha value is -3.52. The summed E-state index contributed by atoms with van der Waals surface area (Å²) in [7, 11) is -3.94. The van der Waals surface area contributed by atoms with E-state index in [0.29, 0.717) is 31.3 Å². The Labute approximate surface area is 181 Å². The van der Waals surface area contributed by atoms with Gasteiger partial charge in [0, 0.05) is 12.6 Å². The third kappa shape index (κ3) is 4.80. The van der Waals surface area contributed by atoms with Crippen molar-refractivity contribution in [2.45, 2.75) is 18.4 Å². The summed E-state index contributed by atoms with van der Waals surface area (Å²) in [5.41, 5.74) is 2.51. The molecule has 0 aromatic heterocycles. The van der Waals surface area contributed by atoms with Gasteiger partial charge in [0.2, 0.25) is 0 Å². The van der Waals surface area contributed by atoms with Gasteiger partial charge in [0.1, 0.15) is 13.2 Å². The predicted octanol–water partition coefficient (Wildman–Crippen LogP) is 3.50. The molecule has 2 N–H and O–H groups in total. The number of para-hydroxylation sites is 1. The number of ether oxygens (including phenoxy) is 2. The average molecular weight is 439 g/mol. The molecule has 4 rings (SSSR count). The van der Waals surface area contributed by atoms with Crippen LogP contribution in [-0.2, 0) is 16.6 Å². The number of anilines is 1. The van der Waals surface area contributed by atoms with E-state index in [0.717, 1.165) is 11.1 Å². The van der Waals surface area contributed by atoms with Crippen molar-refractivity contribution in [1.29, 1.82) is 0 Å². The Morgan fingerprint density at radius 1 is 0.935 bits per heavy atom. The SMILES string of the molecule is Cc1ccc(CNC(=O)c2ccccc2NS(=O)(=O)c2ccc3c(c2)OCCO3)cc1. The maximum absolute atomic E-state index is 12.9. The lowest BCUT2D eigenvalue weighted by Gasteiger charge is -2.19. The molecule has 0 saturated carbocycles. The van der Waals surface area contributed by atoms with Crippen molar-refractivity contribution < 1.29 is 22.7 Å². The van der Waals surface area contributed by atoms with E-state index in [9.17, 15) is 13.2 Å². The molecule has 3 aromatic carbocycles. The second kappa shape index (κ2) is 8.69. The zero-order valence-electron chi connectivity index (χ0n) is 16.9. The standard InChI is InChI=1S/C23H22N2O5S/c1-16-6-8-17(9-7-16)15-24-23(26)19-4-2-3-5-20(19)25-31(27,28)18-10-11-21-22(14-18)30-13-12-29-21/h2-11,14,25H,12-13,15H2,1H3,(H,24,26). The fourth-order valence-electron chi connectivity index (χ4n) is 3.15. The Bertz CT molecular complexity index is 1210. The number of benzene rings is 3. The second-order valence-corrected chi connectivity index (χ2v) is 8.81. The molecule has 1 aliphatic heterocycles. The fourth-order valence-corrected chi connectivity index (χ4v) is 4.24. The predicted molar refractivity (Wildman–Crippen MR) is 117 cm³/mol. The van der Waals surface area contributed by atoms with Gasteiger partial charge in [-0.2, -0.15) is 0 Å². The maximum Gasteiger partial charge on any atom is 0.262 e. The number of fused-ring (bicyclic) bond motifs is 1. The molecule has 160 valence electrons. The highest BCUT2D eigenvalue weighted by Crippen LogP contribution is 2.33. The Morgan fingerprint density at radius 2 is 1.65 bits per heavy atom. The summed E-state index contributed by atoms with van der Waals surface area (Å²) in [6.45, 7) is 3.10. The molecule has 0 saturated heterocycles. The molecule has 1 heterocycles. The van der Waals surface area contributed by atoms with Crippen molar-refractivity contribution in [3.8, 4) is 11.5 Å². The van der Waals surface area contributed by atoms with Crippen molar-refractivity contribution in [3.05, 3.63) is 83.4 Å². The molecule has 0 fully saturated rings. The average Bonchev–Trinajstić information content (AvgIpc) is 2.78. The van der Waals surface area contributed by atoms with Crippen LogP contribution in [0.3, 0.4) is 0 Å². The number of sulfonamides is 1. The minimum atomic E-state index is -3.94. The van der Waals surface area contributed by atoms with Gasteiger partial charge in [-0.1, -0.05) is 42.0 Å². The van der Waals surface area contributed by atoms with Crippen LogP contribution in [0.15, 0.2) is 71.6 Å². The monoisotopic (exact) mass is 438 g/mol. The summed E-state index contributed by atoms with van der Waals surface area (Å²) < 4.78 is 39.3. The molecule has 0 bridgehead atoms.